The van der Waals surface area contributed by atoms with Crippen LogP contribution >= 0.6 is 7.82 Å². The molecular weight excluding hydrogens is 705 g/mol. The van der Waals surface area contributed by atoms with Crippen LogP contribution in [0.15, 0.2) is 72.9 Å². The van der Waals surface area contributed by atoms with Gasteiger partial charge in [-0.25, -0.2) is 4.57 Å². The van der Waals surface area contributed by atoms with Crippen molar-refractivity contribution in [3.05, 3.63) is 72.9 Å². The smallest absolute Gasteiger partial charge is 0.462 e. The van der Waals surface area contributed by atoms with Crippen LogP contribution in [0.5, 0.6) is 0 Å². The lowest BCUT2D eigenvalue weighted by atomic mass is 10.1. The monoisotopic (exact) mass is 780 g/mol. The Hall–Kier alpha value is -2.59. The first-order chi connectivity index (χ1) is 26.2. The van der Waals surface area contributed by atoms with Gasteiger partial charge in [0.15, 0.2) is 6.10 Å². The van der Waals surface area contributed by atoms with Crippen molar-refractivity contribution in [3.8, 4) is 0 Å². The molecule has 3 atom stereocenters. The number of unbranched alkanes of at least 4 members (excludes halogenated alkanes) is 12. The van der Waals surface area contributed by atoms with Crippen molar-refractivity contribution < 1.29 is 42.7 Å². The van der Waals surface area contributed by atoms with Crippen LogP contribution < -0.4 is 5.73 Å². The van der Waals surface area contributed by atoms with E-state index in [0.29, 0.717) is 25.7 Å². The zero-order chi connectivity index (χ0) is 39.8. The van der Waals surface area contributed by atoms with Crippen LogP contribution in [0.1, 0.15) is 149 Å². The molecule has 10 nitrogen and oxygen atoms in total. The van der Waals surface area contributed by atoms with E-state index in [0.717, 1.165) is 44.9 Å². The van der Waals surface area contributed by atoms with Gasteiger partial charge in [0, 0.05) is 19.4 Å². The summed E-state index contributed by atoms with van der Waals surface area (Å²) in [7, 11) is -4.40. The van der Waals surface area contributed by atoms with E-state index < -0.39 is 32.5 Å². The molecule has 0 radical (unpaired) electrons. The number of phosphoric acid groups is 1. The van der Waals surface area contributed by atoms with Gasteiger partial charge >= 0.3 is 19.8 Å². The second-order valence-corrected chi connectivity index (χ2v) is 14.8. The second-order valence-electron chi connectivity index (χ2n) is 13.3. The Kier molecular flexibility index (Phi) is 36.8. The summed E-state index contributed by atoms with van der Waals surface area (Å²) in [5, 5.41) is 9.46. The summed E-state index contributed by atoms with van der Waals surface area (Å²) in [6.07, 6.45) is 43.1. The van der Waals surface area contributed by atoms with Crippen molar-refractivity contribution >= 4 is 19.8 Å². The standard InChI is InChI=1S/C43H74NO9P/c1-3-5-6-7-8-9-10-11-12-17-20-23-26-29-32-35-43(47)53-41(39-52-54(48,49)51-37-36-44)38-50-42(46)34-31-28-25-22-19-16-14-13-15-18-21-24-27-30-33-40(45)4-2/h9-10,14-16,18,22,24-25,27,30,33,40-41,45H,3-8,11-13,17,19-21,23,26,28-29,31-32,34-39,44H2,1-2H3,(H,48,49)/b10-9-,16-14-,18-15-,25-22-,27-24-,33-30+/t40-,41+/m0/s1. The predicted octanol–water partition coefficient (Wildman–Crippen LogP) is 10.5. The van der Waals surface area contributed by atoms with Gasteiger partial charge in [-0.15, -0.1) is 0 Å². The molecule has 11 heteroatoms. The molecule has 0 saturated carbocycles. The van der Waals surface area contributed by atoms with Crippen LogP contribution in [0.2, 0.25) is 0 Å². The number of phosphoric ester groups is 1. The van der Waals surface area contributed by atoms with E-state index in [2.05, 4.69) is 49.5 Å². The van der Waals surface area contributed by atoms with E-state index >= 15 is 0 Å². The number of hydrogen-bond acceptors (Lipinski definition) is 9. The summed E-state index contributed by atoms with van der Waals surface area (Å²) >= 11 is 0. The van der Waals surface area contributed by atoms with Crippen molar-refractivity contribution in [1.82, 2.24) is 0 Å². The molecule has 0 aliphatic carbocycles. The van der Waals surface area contributed by atoms with E-state index in [-0.39, 0.29) is 38.7 Å². The Labute approximate surface area is 327 Å². The van der Waals surface area contributed by atoms with E-state index in [9.17, 15) is 24.2 Å². The fourth-order valence-corrected chi connectivity index (χ4v) is 5.79. The number of allylic oxidation sites excluding steroid dienone is 11. The van der Waals surface area contributed by atoms with Gasteiger partial charge in [-0.05, 0) is 70.6 Å². The van der Waals surface area contributed by atoms with Crippen LogP contribution in [0.3, 0.4) is 0 Å². The number of aliphatic hydroxyl groups excluding tert-OH is 1. The van der Waals surface area contributed by atoms with Gasteiger partial charge in [-0.2, -0.15) is 0 Å². The third-order valence-corrected chi connectivity index (χ3v) is 9.22. The molecule has 0 bridgehead atoms. The minimum atomic E-state index is -4.40. The Morgan fingerprint density at radius 3 is 1.81 bits per heavy atom. The zero-order valence-electron chi connectivity index (χ0n) is 33.5. The number of carbonyl (C=O) groups excluding carboxylic acids is 2. The summed E-state index contributed by atoms with van der Waals surface area (Å²) in [5.74, 6) is -0.928. The molecule has 0 amide bonds. The maximum Gasteiger partial charge on any atom is 0.472 e. The van der Waals surface area contributed by atoms with Crippen molar-refractivity contribution in [3.63, 3.8) is 0 Å². The third-order valence-electron chi connectivity index (χ3n) is 8.23. The minimum Gasteiger partial charge on any atom is -0.462 e. The average Bonchev–Trinajstić information content (AvgIpc) is 3.16. The lowest BCUT2D eigenvalue weighted by molar-refractivity contribution is -0.161. The van der Waals surface area contributed by atoms with Gasteiger partial charge in [-0.3, -0.25) is 18.6 Å². The summed E-state index contributed by atoms with van der Waals surface area (Å²) in [5.41, 5.74) is 5.33. The van der Waals surface area contributed by atoms with Crippen LogP contribution in [0.4, 0.5) is 0 Å². The number of aliphatic hydroxyl groups is 1. The Morgan fingerprint density at radius 1 is 0.648 bits per heavy atom. The highest BCUT2D eigenvalue weighted by Crippen LogP contribution is 2.43. The molecule has 1 unspecified atom stereocenters. The predicted molar refractivity (Wildman–Crippen MR) is 221 cm³/mol. The number of nitrogens with two attached hydrogens (primary N) is 1. The molecule has 0 aromatic heterocycles. The molecule has 0 saturated heterocycles. The topological polar surface area (TPSA) is 155 Å². The number of ether oxygens (including phenoxy) is 2. The van der Waals surface area contributed by atoms with Crippen LogP contribution in [0, 0.1) is 0 Å². The highest BCUT2D eigenvalue weighted by atomic mass is 31.2. The zero-order valence-corrected chi connectivity index (χ0v) is 34.4. The highest BCUT2D eigenvalue weighted by Gasteiger charge is 2.25. The number of esters is 2. The fourth-order valence-electron chi connectivity index (χ4n) is 5.03. The Morgan fingerprint density at radius 2 is 1.19 bits per heavy atom. The van der Waals surface area contributed by atoms with Crippen molar-refractivity contribution in [2.75, 3.05) is 26.4 Å². The average molecular weight is 780 g/mol. The fraction of sp³-hybridized carbons (Fsp3) is 0.674. The second kappa shape index (κ2) is 38.7. The molecule has 4 N–H and O–H groups in total. The molecule has 310 valence electrons. The third kappa shape index (κ3) is 37.7. The number of carbonyl (C=O) groups is 2. The van der Waals surface area contributed by atoms with Gasteiger partial charge in [0.25, 0.3) is 0 Å². The molecule has 0 heterocycles. The van der Waals surface area contributed by atoms with Crippen molar-refractivity contribution in [2.45, 2.75) is 161 Å². The van der Waals surface area contributed by atoms with Crippen molar-refractivity contribution in [2.24, 2.45) is 5.73 Å². The Bertz CT molecular complexity index is 1130. The summed E-state index contributed by atoms with van der Waals surface area (Å²) < 4.78 is 32.6. The lowest BCUT2D eigenvalue weighted by Crippen LogP contribution is -2.29. The Balaban J connectivity index is 4.32. The SMILES string of the molecule is CCCCCC/C=C\CCCCCCCCCC(=O)O[C@H](COC(=O)CCC/C=C\C/C=C\C/C=C\C/C=C\C=C\[C@@H](O)CC)COP(=O)(O)OCCN. The van der Waals surface area contributed by atoms with Gasteiger partial charge in [-0.1, -0.05) is 138 Å². The molecule has 0 aromatic carbocycles. The molecule has 0 aliphatic rings. The van der Waals surface area contributed by atoms with E-state index in [1.54, 1.807) is 6.08 Å². The van der Waals surface area contributed by atoms with Gasteiger partial charge in [0.1, 0.15) is 6.61 Å². The van der Waals surface area contributed by atoms with E-state index in [1.165, 1.54) is 51.4 Å². The van der Waals surface area contributed by atoms with Crippen LogP contribution in [0.25, 0.3) is 0 Å². The minimum absolute atomic E-state index is 0.0362. The largest absolute Gasteiger partial charge is 0.472 e. The molecule has 54 heavy (non-hydrogen) atoms. The van der Waals surface area contributed by atoms with Crippen LogP contribution in [-0.2, 0) is 32.7 Å². The van der Waals surface area contributed by atoms with Crippen LogP contribution in [-0.4, -0.2) is 60.5 Å². The number of hydrogen-bond donors (Lipinski definition) is 3. The summed E-state index contributed by atoms with van der Waals surface area (Å²) in [4.78, 5) is 34.8. The van der Waals surface area contributed by atoms with Gasteiger partial charge < -0.3 is 25.2 Å². The van der Waals surface area contributed by atoms with Gasteiger partial charge in [0.05, 0.1) is 19.3 Å². The molecule has 0 rings (SSSR count). The normalized spacial score (nSPS) is 14.7. The maximum atomic E-state index is 12.6. The quantitative estimate of drug-likeness (QED) is 0.0182. The van der Waals surface area contributed by atoms with Crippen molar-refractivity contribution in [1.29, 1.82) is 0 Å². The lowest BCUT2D eigenvalue weighted by Gasteiger charge is -2.19. The molecular formula is C43H74NO9P. The summed E-state index contributed by atoms with van der Waals surface area (Å²) in [6.45, 7) is 3.29. The first-order valence-corrected chi connectivity index (χ1v) is 22.0. The molecule has 0 aromatic rings. The summed E-state index contributed by atoms with van der Waals surface area (Å²) in [6, 6.07) is 0. The highest BCUT2D eigenvalue weighted by molar-refractivity contribution is 7.47. The number of rotatable bonds is 37. The van der Waals surface area contributed by atoms with E-state index in [4.69, 9.17) is 24.3 Å². The first kappa shape index (κ1) is 51.4. The molecule has 0 spiro atoms. The van der Waals surface area contributed by atoms with Gasteiger partial charge in [0.2, 0.25) is 0 Å². The van der Waals surface area contributed by atoms with E-state index in [1.807, 2.05) is 31.2 Å². The molecule has 0 aliphatic heterocycles. The molecule has 0 fully saturated rings. The first-order valence-electron chi connectivity index (χ1n) is 20.5. The maximum absolute atomic E-state index is 12.6.